The number of fused-ring (bicyclic) bond motifs is 2. The van der Waals surface area contributed by atoms with Gasteiger partial charge in [0.25, 0.3) is 0 Å². The van der Waals surface area contributed by atoms with Crippen molar-refractivity contribution < 1.29 is 8.68 Å². The molecular weight excluding hydrogens is 303 g/mol. The number of aromatic nitrogens is 1. The molecular formula is C22H24BN2+. The van der Waals surface area contributed by atoms with Crippen LogP contribution in [-0.2, 0) is 7.05 Å². The molecule has 0 saturated heterocycles. The van der Waals surface area contributed by atoms with Crippen molar-refractivity contribution in [3.63, 3.8) is 0 Å². The molecule has 3 heteroatoms. The van der Waals surface area contributed by atoms with Gasteiger partial charge in [-0.25, -0.2) is 4.57 Å². The first-order valence-electron chi connectivity index (χ1n) is 10.1. The first kappa shape index (κ1) is 12.8. The van der Waals surface area contributed by atoms with E-state index in [4.69, 9.17) is 4.11 Å². The minimum atomic E-state index is -2.16. The van der Waals surface area contributed by atoms with E-state index in [1.54, 1.807) is 0 Å². The van der Waals surface area contributed by atoms with E-state index in [1.165, 1.54) is 10.9 Å². The number of pyridine rings is 1. The van der Waals surface area contributed by atoms with Crippen LogP contribution in [0.1, 0.15) is 29.0 Å². The summed E-state index contributed by atoms with van der Waals surface area (Å²) in [6.45, 7) is 1.77. The lowest BCUT2D eigenvalue weighted by Gasteiger charge is -2.34. The smallest absolute Gasteiger partial charge is 0.399 e. The summed E-state index contributed by atoms with van der Waals surface area (Å²) in [5.74, 6) is 0. The van der Waals surface area contributed by atoms with Gasteiger partial charge < -0.3 is 4.81 Å². The van der Waals surface area contributed by atoms with Crippen molar-refractivity contribution in [1.82, 2.24) is 0 Å². The van der Waals surface area contributed by atoms with Gasteiger partial charge in [0.2, 0.25) is 5.52 Å². The van der Waals surface area contributed by atoms with Gasteiger partial charge in [-0.1, -0.05) is 35.8 Å². The Morgan fingerprint density at radius 3 is 2.60 bits per heavy atom. The molecule has 25 heavy (non-hydrogen) atoms. The average molecular weight is 330 g/mol. The second kappa shape index (κ2) is 5.77. The van der Waals surface area contributed by atoms with E-state index in [2.05, 4.69) is 53.7 Å². The van der Waals surface area contributed by atoms with Crippen molar-refractivity contribution in [2.75, 3.05) is 11.9 Å². The van der Waals surface area contributed by atoms with E-state index in [0.717, 1.165) is 27.8 Å². The molecule has 0 bridgehead atoms. The van der Waals surface area contributed by atoms with Gasteiger partial charge in [0.1, 0.15) is 7.05 Å². The van der Waals surface area contributed by atoms with Crippen LogP contribution in [0.3, 0.4) is 0 Å². The molecule has 2 nitrogen and oxygen atoms in total. The zero-order valence-electron chi connectivity index (χ0n) is 18.2. The fourth-order valence-corrected chi connectivity index (χ4v) is 4.06. The number of hydrogen-bond donors (Lipinski definition) is 0. The summed E-state index contributed by atoms with van der Waals surface area (Å²) in [5.41, 5.74) is 6.56. The molecule has 0 fully saturated rings. The Morgan fingerprint density at radius 2 is 1.80 bits per heavy atom. The van der Waals surface area contributed by atoms with Crippen LogP contribution in [-0.4, -0.2) is 13.9 Å². The van der Waals surface area contributed by atoms with Crippen molar-refractivity contribution in [1.29, 1.82) is 0 Å². The monoisotopic (exact) mass is 330 g/mol. The fourth-order valence-electron chi connectivity index (χ4n) is 4.06. The summed E-state index contributed by atoms with van der Waals surface area (Å²) in [4.78, 5) is 2.19. The molecule has 0 amide bonds. The van der Waals surface area contributed by atoms with Crippen LogP contribution in [0.4, 0.5) is 5.69 Å². The Hall–Kier alpha value is -2.55. The van der Waals surface area contributed by atoms with Crippen molar-refractivity contribution in [3.05, 3.63) is 71.2 Å². The Labute approximate surface area is 154 Å². The second-order valence-electron chi connectivity index (χ2n) is 6.91. The van der Waals surface area contributed by atoms with Crippen LogP contribution >= 0.6 is 0 Å². The molecule has 0 atom stereocenters. The molecule has 0 saturated carbocycles. The van der Waals surface area contributed by atoms with Crippen molar-refractivity contribution in [2.45, 2.75) is 20.7 Å². The quantitative estimate of drug-likeness (QED) is 0.488. The topological polar surface area (TPSA) is 7.12 Å². The van der Waals surface area contributed by atoms with E-state index in [0.29, 0.717) is 5.57 Å². The van der Waals surface area contributed by atoms with Gasteiger partial charge in [-0.05, 0) is 62.6 Å². The summed E-state index contributed by atoms with van der Waals surface area (Å²) >= 11 is 0. The summed E-state index contributed by atoms with van der Waals surface area (Å²) in [5, 5.41) is 1.21. The summed E-state index contributed by atoms with van der Waals surface area (Å²) in [7, 11) is 4.11. The van der Waals surface area contributed by atoms with Crippen molar-refractivity contribution >= 4 is 34.6 Å². The predicted octanol–water partition coefficient (Wildman–Crippen LogP) is 3.65. The van der Waals surface area contributed by atoms with Crippen molar-refractivity contribution in [3.8, 4) is 0 Å². The lowest BCUT2D eigenvalue weighted by atomic mass is 9.48. The van der Waals surface area contributed by atoms with Gasteiger partial charge in [0, 0.05) is 21.3 Å². The number of para-hydroxylation sites is 1. The number of allylic oxidation sites excluding steroid dienone is 2. The lowest BCUT2D eigenvalue weighted by molar-refractivity contribution is -0.627. The summed E-state index contributed by atoms with van der Waals surface area (Å²) in [6.07, 6.45) is 0. The Balaban J connectivity index is 2.00. The van der Waals surface area contributed by atoms with Gasteiger partial charge >= 0.3 is 6.85 Å². The molecule has 0 spiro atoms. The maximum Gasteiger partial charge on any atom is 0.399 e. The third-order valence-corrected chi connectivity index (χ3v) is 5.50. The fraction of sp³-hybridized carbons (Fsp3) is 0.227. The molecule has 0 radical (unpaired) electrons. The van der Waals surface area contributed by atoms with E-state index < -0.39 is 6.85 Å². The van der Waals surface area contributed by atoms with E-state index in [-0.39, 0.29) is 6.85 Å². The van der Waals surface area contributed by atoms with Crippen LogP contribution in [0.2, 0.25) is 0 Å². The van der Waals surface area contributed by atoms with Crippen LogP contribution in [0, 0.1) is 6.92 Å². The third-order valence-electron chi connectivity index (χ3n) is 5.50. The first-order valence-corrected chi connectivity index (χ1v) is 8.63. The molecule has 0 aliphatic carbocycles. The molecule has 1 aliphatic rings. The van der Waals surface area contributed by atoms with Crippen molar-refractivity contribution in [2.24, 2.45) is 7.05 Å². The van der Waals surface area contributed by atoms with Gasteiger partial charge in [-0.2, -0.15) is 0 Å². The van der Waals surface area contributed by atoms with Crippen LogP contribution in [0.5, 0.6) is 0 Å². The number of rotatable bonds is 1. The number of anilines is 1. The molecule has 1 aromatic heterocycles. The molecule has 3 aromatic rings. The number of nitrogens with zero attached hydrogens (tertiary/aromatic N) is 2. The maximum absolute atomic E-state index is 8.17. The zero-order valence-corrected chi connectivity index (χ0v) is 15.2. The molecule has 0 unspecified atom stereocenters. The molecule has 124 valence electrons. The summed E-state index contributed by atoms with van der Waals surface area (Å²) < 4.78 is 26.7. The van der Waals surface area contributed by atoms with Gasteiger partial charge in [0.05, 0.1) is 0 Å². The number of aryl methyl sites for hydroxylation is 2. The first-order chi connectivity index (χ1) is 13.2. The average Bonchev–Trinajstić information content (AvgIpc) is 2.63. The minimum absolute atomic E-state index is 0.139. The predicted molar refractivity (Wildman–Crippen MR) is 108 cm³/mol. The minimum Gasteiger partial charge on any atom is -0.404 e. The molecule has 4 rings (SSSR count). The standard InChI is InChI=1S/C22H24BN2/c1-15-9-8-12-20-18(15)13-14-22(24(20)4)23-17(3)16(2)19-10-6-7-11-21(19)25(23)5/h6-14H,1-5H3/q+1/i2D3. The number of hydrogen-bond acceptors (Lipinski definition) is 1. The van der Waals surface area contributed by atoms with E-state index in [9.17, 15) is 0 Å². The Bertz CT molecular complexity index is 1120. The Morgan fingerprint density at radius 1 is 1.00 bits per heavy atom. The number of benzene rings is 2. The highest BCUT2D eigenvalue weighted by molar-refractivity contribution is 6.83. The van der Waals surface area contributed by atoms with Crippen LogP contribution < -0.4 is 15.0 Å². The third kappa shape index (κ3) is 2.30. The van der Waals surface area contributed by atoms with Gasteiger partial charge in [-0.15, -0.1) is 0 Å². The zero-order chi connectivity index (χ0) is 20.2. The lowest BCUT2D eigenvalue weighted by Crippen LogP contribution is -2.62. The van der Waals surface area contributed by atoms with Crippen LogP contribution in [0.15, 0.2) is 60.1 Å². The highest BCUT2D eigenvalue weighted by atomic mass is 15.1. The molecule has 2 heterocycles. The molecule has 0 N–H and O–H groups in total. The highest BCUT2D eigenvalue weighted by Crippen LogP contribution is 2.35. The largest absolute Gasteiger partial charge is 0.404 e. The van der Waals surface area contributed by atoms with Gasteiger partial charge in [-0.3, -0.25) is 0 Å². The molecule has 1 aliphatic heterocycles. The summed E-state index contributed by atoms with van der Waals surface area (Å²) in [6, 6.07) is 18.4. The maximum atomic E-state index is 8.17. The molecule has 2 aromatic carbocycles. The van der Waals surface area contributed by atoms with E-state index >= 15 is 0 Å². The SMILES string of the molecule is [2H]C([2H])([2H])C1=C(C)B(c2ccc3c(C)cccc3[n+]2C)N(C)c2ccccc21. The second-order valence-corrected chi connectivity index (χ2v) is 6.91. The van der Waals surface area contributed by atoms with Gasteiger partial charge in [0.15, 0.2) is 5.59 Å². The van der Waals surface area contributed by atoms with Crippen LogP contribution in [0.25, 0.3) is 16.5 Å². The Kier molecular flexibility index (Phi) is 2.94. The van der Waals surface area contributed by atoms with E-state index in [1.807, 2.05) is 38.2 Å². The highest BCUT2D eigenvalue weighted by Gasteiger charge is 2.38. The normalized spacial score (nSPS) is 16.6.